The summed E-state index contributed by atoms with van der Waals surface area (Å²) in [5.74, 6) is 0.791. The van der Waals surface area contributed by atoms with Crippen LogP contribution in [0.4, 0.5) is 0 Å². The van der Waals surface area contributed by atoms with Crippen molar-refractivity contribution in [3.63, 3.8) is 0 Å². The molecule has 56 heavy (non-hydrogen) atoms. The standard InChI is InChI=1S/C52H29N3O/c1-3-13-33-30(11-1)22-26-43-48(33)49-44(27-24-40-37-17-6-5-15-35(37)36-16-7-8-19-39(36)47(40)49)55(43)52-50(54-51-34-14-4-2-12-31(34)21-25-42(51)53-52)32-23-28-46-41(29-32)38-18-9-10-20-45(38)56-46/h1-22,25-26,29H,24,27H2. The lowest BCUT2D eigenvalue weighted by molar-refractivity contribution is 0.669. The number of hydrogen-bond acceptors (Lipinski definition) is 3. The maximum atomic E-state index is 6.22. The van der Waals surface area contributed by atoms with Crippen LogP contribution in [0.1, 0.15) is 11.3 Å². The molecule has 12 aromatic rings. The summed E-state index contributed by atoms with van der Waals surface area (Å²) in [4.78, 5) is 11.2. The minimum absolute atomic E-state index is 0.682. The van der Waals surface area contributed by atoms with Crippen molar-refractivity contribution in [1.29, 1.82) is 0 Å². The summed E-state index contributed by atoms with van der Waals surface area (Å²) >= 11 is 0. The number of aromatic nitrogens is 3. The van der Waals surface area contributed by atoms with Gasteiger partial charge in [0, 0.05) is 32.8 Å². The van der Waals surface area contributed by atoms with E-state index in [-0.39, 0.29) is 0 Å². The summed E-state index contributed by atoms with van der Waals surface area (Å²) in [5, 5.41) is 13.1. The third-order valence-corrected chi connectivity index (χ3v) is 12.1. The van der Waals surface area contributed by atoms with Gasteiger partial charge in [-0.2, -0.15) is 0 Å². The zero-order valence-corrected chi connectivity index (χ0v) is 30.1. The highest BCUT2D eigenvalue weighted by Crippen LogP contribution is 2.50. The molecule has 0 unspecified atom stereocenters. The lowest BCUT2D eigenvalue weighted by Gasteiger charge is -2.24. The van der Waals surface area contributed by atoms with Crippen molar-refractivity contribution in [1.82, 2.24) is 14.5 Å². The van der Waals surface area contributed by atoms with E-state index in [9.17, 15) is 0 Å². The van der Waals surface area contributed by atoms with Gasteiger partial charge in [0.1, 0.15) is 11.3 Å². The van der Waals surface area contributed by atoms with Crippen molar-refractivity contribution in [3.8, 4) is 28.2 Å². The topological polar surface area (TPSA) is 43.9 Å². The van der Waals surface area contributed by atoms with Gasteiger partial charge in [-0.15, -0.1) is 0 Å². The Morgan fingerprint density at radius 1 is 0.518 bits per heavy atom. The van der Waals surface area contributed by atoms with Crippen LogP contribution in [0.3, 0.4) is 0 Å². The van der Waals surface area contributed by atoms with Crippen LogP contribution < -0.4 is 0 Å². The Morgan fingerprint density at radius 3 is 2.02 bits per heavy atom. The second-order valence-corrected chi connectivity index (χ2v) is 15.0. The van der Waals surface area contributed by atoms with Gasteiger partial charge in [-0.05, 0) is 92.0 Å². The van der Waals surface area contributed by atoms with Crippen LogP contribution in [0.25, 0.3) is 115 Å². The number of fused-ring (bicyclic) bond motifs is 18. The Bertz CT molecular complexity index is 3660. The highest BCUT2D eigenvalue weighted by molar-refractivity contribution is 6.23. The summed E-state index contributed by atoms with van der Waals surface area (Å²) in [6, 6.07) is 61.1. The molecular weight excluding hydrogens is 683 g/mol. The van der Waals surface area contributed by atoms with E-state index >= 15 is 0 Å². The fourth-order valence-corrected chi connectivity index (χ4v) is 9.71. The van der Waals surface area contributed by atoms with Gasteiger partial charge in [0.05, 0.1) is 22.1 Å². The van der Waals surface area contributed by atoms with Crippen molar-refractivity contribution in [2.45, 2.75) is 12.8 Å². The Balaban J connectivity index is 1.21. The molecule has 0 radical (unpaired) electrons. The van der Waals surface area contributed by atoms with Crippen LogP contribution in [-0.2, 0) is 12.8 Å². The van der Waals surface area contributed by atoms with E-state index < -0.39 is 0 Å². The molecule has 9 aromatic carbocycles. The zero-order valence-electron chi connectivity index (χ0n) is 30.1. The van der Waals surface area contributed by atoms with Gasteiger partial charge < -0.3 is 4.42 Å². The van der Waals surface area contributed by atoms with Crippen molar-refractivity contribution < 1.29 is 4.42 Å². The molecule has 0 amide bonds. The number of nitrogens with zero attached hydrogens (tertiary/aromatic N) is 3. The van der Waals surface area contributed by atoms with Gasteiger partial charge in [0.2, 0.25) is 0 Å². The summed E-state index contributed by atoms with van der Waals surface area (Å²) in [6.45, 7) is 0. The SMILES string of the molecule is c1c(-c2nc3c(ccc4ccccc43)nc2-n2c3c(c4c5ccccc5ccc42)-c2c(c4ccccc4c4ccccc24)CC3)cc2c(c#1)oc1ccccc12. The molecule has 0 aliphatic heterocycles. The molecule has 0 bridgehead atoms. The number of benzene rings is 8. The first-order chi connectivity index (χ1) is 27.8. The Morgan fingerprint density at radius 2 is 1.18 bits per heavy atom. The lowest BCUT2D eigenvalue weighted by atomic mass is 9.81. The van der Waals surface area contributed by atoms with Gasteiger partial charge in [0.25, 0.3) is 0 Å². The lowest BCUT2D eigenvalue weighted by Crippen LogP contribution is -2.12. The van der Waals surface area contributed by atoms with E-state index in [4.69, 9.17) is 14.4 Å². The Labute approximate surface area is 320 Å². The summed E-state index contributed by atoms with van der Waals surface area (Å²) < 4.78 is 8.64. The minimum Gasteiger partial charge on any atom is -0.447 e. The van der Waals surface area contributed by atoms with E-state index in [2.05, 4.69) is 150 Å². The van der Waals surface area contributed by atoms with Gasteiger partial charge >= 0.3 is 0 Å². The molecule has 3 aromatic heterocycles. The molecular formula is C52H29N3O. The molecule has 4 heteroatoms. The molecule has 0 spiro atoms. The van der Waals surface area contributed by atoms with Crippen LogP contribution in [-0.4, -0.2) is 14.5 Å². The number of rotatable bonds is 2. The Kier molecular flexibility index (Phi) is 5.90. The first-order valence-corrected chi connectivity index (χ1v) is 19.2. The minimum atomic E-state index is 0.682. The van der Waals surface area contributed by atoms with Gasteiger partial charge in [0.15, 0.2) is 11.4 Å². The predicted octanol–water partition coefficient (Wildman–Crippen LogP) is 13.1. The molecule has 0 fully saturated rings. The number of hydrogen-bond donors (Lipinski definition) is 0. The first kappa shape index (κ1) is 29.9. The maximum Gasteiger partial charge on any atom is 0.185 e. The summed E-state index contributed by atoms with van der Waals surface area (Å²) in [7, 11) is 0. The van der Waals surface area contributed by atoms with Crippen molar-refractivity contribution in [2.24, 2.45) is 0 Å². The van der Waals surface area contributed by atoms with E-state index in [1.807, 2.05) is 18.2 Å². The first-order valence-electron chi connectivity index (χ1n) is 19.2. The third kappa shape index (κ3) is 3.99. The van der Waals surface area contributed by atoms with Crippen LogP contribution in [0.15, 0.2) is 156 Å². The molecule has 1 aliphatic carbocycles. The van der Waals surface area contributed by atoms with Crippen LogP contribution in [0, 0.1) is 12.1 Å². The third-order valence-electron chi connectivity index (χ3n) is 12.1. The molecule has 258 valence electrons. The second kappa shape index (κ2) is 11.0. The van der Waals surface area contributed by atoms with E-state index in [1.54, 1.807) is 0 Å². The van der Waals surface area contributed by atoms with Gasteiger partial charge in [-0.1, -0.05) is 133 Å². The highest BCUT2D eigenvalue weighted by Gasteiger charge is 2.31. The second-order valence-electron chi connectivity index (χ2n) is 15.0. The fraction of sp³-hybridized carbons (Fsp3) is 0.0385. The Hall–Kier alpha value is -7.48. The number of aryl methyl sites for hydroxylation is 1. The van der Waals surface area contributed by atoms with Crippen LogP contribution >= 0.6 is 0 Å². The smallest absolute Gasteiger partial charge is 0.185 e. The largest absolute Gasteiger partial charge is 0.447 e. The normalized spacial score (nSPS) is 12.7. The average molecular weight is 712 g/mol. The number of furan rings is 1. The predicted molar refractivity (Wildman–Crippen MR) is 230 cm³/mol. The number of para-hydroxylation sites is 1. The van der Waals surface area contributed by atoms with Crippen molar-refractivity contribution in [2.75, 3.05) is 0 Å². The molecule has 3 heterocycles. The average Bonchev–Trinajstić information content (AvgIpc) is 3.81. The molecule has 0 saturated heterocycles. The molecule has 1 aliphatic rings. The monoisotopic (exact) mass is 711 g/mol. The van der Waals surface area contributed by atoms with Crippen molar-refractivity contribution >= 4 is 87.0 Å². The quantitative estimate of drug-likeness (QED) is 0.168. The summed E-state index contributed by atoms with van der Waals surface area (Å²) in [5.41, 5.74) is 11.2. The van der Waals surface area contributed by atoms with Crippen LogP contribution in [0.2, 0.25) is 0 Å². The van der Waals surface area contributed by atoms with E-state index in [0.717, 1.165) is 73.6 Å². The molecule has 13 rings (SSSR count). The zero-order chi connectivity index (χ0) is 36.5. The van der Waals surface area contributed by atoms with Crippen molar-refractivity contribution in [3.05, 3.63) is 175 Å². The maximum absolute atomic E-state index is 6.22. The van der Waals surface area contributed by atoms with Crippen LogP contribution in [0.5, 0.6) is 0 Å². The fourth-order valence-electron chi connectivity index (χ4n) is 9.71. The molecule has 0 N–H and O–H groups in total. The summed E-state index contributed by atoms with van der Waals surface area (Å²) in [6.07, 6.45) is 1.77. The molecule has 0 atom stereocenters. The molecule has 4 nitrogen and oxygen atoms in total. The van der Waals surface area contributed by atoms with Gasteiger partial charge in [-0.3, -0.25) is 4.57 Å². The van der Waals surface area contributed by atoms with E-state index in [1.165, 1.54) is 60.1 Å². The van der Waals surface area contributed by atoms with E-state index in [0.29, 0.717) is 5.58 Å². The highest BCUT2D eigenvalue weighted by atomic mass is 16.3. The molecule has 0 saturated carbocycles. The van der Waals surface area contributed by atoms with Gasteiger partial charge in [-0.25, -0.2) is 9.97 Å².